The fraction of sp³-hybridized carbons (Fsp3) is 0.773. The number of fused-ring (bicyclic) bond motifs is 3. The number of carbonyl (C=O) groups is 3. The number of esters is 1. The standard InChI is InChI=1S/C22H30O4/c1-12-14-9-15(24)17-21(5)8-6-7-20(3,4)18(21)16(26-13(2)23)11-22(17,10-14)19(12)25/h14,16-18H,1,6-11H2,2-5H3/t14-,16+,17+,18-,21+,22+/m1/s1. The summed E-state index contributed by atoms with van der Waals surface area (Å²) in [6.45, 7) is 12.1. The van der Waals surface area contributed by atoms with Crippen LogP contribution in [0.3, 0.4) is 0 Å². The number of ether oxygens (including phenoxy) is 1. The van der Waals surface area contributed by atoms with Crippen molar-refractivity contribution in [2.24, 2.45) is 34.0 Å². The van der Waals surface area contributed by atoms with Crippen molar-refractivity contribution in [1.82, 2.24) is 0 Å². The third-order valence-electron chi connectivity index (χ3n) is 8.17. The van der Waals surface area contributed by atoms with E-state index in [0.717, 1.165) is 19.3 Å². The minimum absolute atomic E-state index is 0.0130. The van der Waals surface area contributed by atoms with E-state index in [9.17, 15) is 14.4 Å². The molecule has 0 amide bonds. The van der Waals surface area contributed by atoms with Crippen LogP contribution in [0.15, 0.2) is 12.2 Å². The van der Waals surface area contributed by atoms with Crippen molar-refractivity contribution in [3.8, 4) is 0 Å². The van der Waals surface area contributed by atoms with Crippen molar-refractivity contribution in [3.05, 3.63) is 12.2 Å². The lowest BCUT2D eigenvalue weighted by Crippen LogP contribution is -2.65. The molecule has 4 nitrogen and oxygen atoms in total. The Bertz CT molecular complexity index is 720. The normalized spacial score (nSPS) is 46.5. The van der Waals surface area contributed by atoms with E-state index in [4.69, 9.17) is 4.74 Å². The van der Waals surface area contributed by atoms with E-state index in [0.29, 0.717) is 24.8 Å². The van der Waals surface area contributed by atoms with Crippen LogP contribution in [0.4, 0.5) is 0 Å². The van der Waals surface area contributed by atoms with Gasteiger partial charge in [0.2, 0.25) is 0 Å². The van der Waals surface area contributed by atoms with E-state index in [1.165, 1.54) is 6.92 Å². The minimum atomic E-state index is -0.699. The smallest absolute Gasteiger partial charge is 0.302 e. The predicted molar refractivity (Wildman–Crippen MR) is 97.2 cm³/mol. The number of hydrogen-bond acceptors (Lipinski definition) is 4. The van der Waals surface area contributed by atoms with E-state index in [2.05, 4.69) is 27.4 Å². The first kappa shape index (κ1) is 17.9. The Hall–Kier alpha value is -1.45. The second kappa shape index (κ2) is 5.30. The average molecular weight is 358 g/mol. The SMILES string of the molecule is C=C1C(=O)[C@]23C[C@H]1CC(=O)[C@H]2[C@]1(C)CCCC(C)(C)[C@H]1[C@@H](OC(C)=O)C3. The summed E-state index contributed by atoms with van der Waals surface area (Å²) in [5.41, 5.74) is -0.400. The number of Topliss-reactive ketones (excluding diaryl/α,β-unsaturated/α-hetero) is 2. The number of ketones is 2. The molecule has 4 aliphatic carbocycles. The third kappa shape index (κ3) is 2.10. The molecular formula is C22H30O4. The minimum Gasteiger partial charge on any atom is -0.462 e. The quantitative estimate of drug-likeness (QED) is 0.527. The molecule has 4 saturated carbocycles. The lowest BCUT2D eigenvalue weighted by molar-refractivity contribution is -0.209. The van der Waals surface area contributed by atoms with Crippen LogP contribution < -0.4 is 0 Å². The fourth-order valence-corrected chi connectivity index (χ4v) is 7.75. The lowest BCUT2D eigenvalue weighted by atomic mass is 9.40. The largest absolute Gasteiger partial charge is 0.462 e. The van der Waals surface area contributed by atoms with Crippen LogP contribution in [0.2, 0.25) is 0 Å². The van der Waals surface area contributed by atoms with Crippen LogP contribution in [0.1, 0.15) is 66.2 Å². The van der Waals surface area contributed by atoms with Gasteiger partial charge in [0.15, 0.2) is 5.78 Å². The third-order valence-corrected chi connectivity index (χ3v) is 8.17. The molecule has 4 aliphatic rings. The van der Waals surface area contributed by atoms with E-state index < -0.39 is 5.41 Å². The van der Waals surface area contributed by atoms with Gasteiger partial charge < -0.3 is 4.74 Å². The van der Waals surface area contributed by atoms with Crippen LogP contribution in [0.25, 0.3) is 0 Å². The molecule has 2 bridgehead atoms. The fourth-order valence-electron chi connectivity index (χ4n) is 7.75. The average Bonchev–Trinajstić information content (AvgIpc) is 2.66. The van der Waals surface area contributed by atoms with Crippen LogP contribution in [-0.4, -0.2) is 23.6 Å². The van der Waals surface area contributed by atoms with Crippen molar-refractivity contribution >= 4 is 17.5 Å². The first-order valence-electron chi connectivity index (χ1n) is 9.96. The summed E-state index contributed by atoms with van der Waals surface area (Å²) in [6, 6.07) is 0. The van der Waals surface area contributed by atoms with E-state index >= 15 is 0 Å². The van der Waals surface area contributed by atoms with Gasteiger partial charge in [-0.05, 0) is 48.0 Å². The molecule has 26 heavy (non-hydrogen) atoms. The molecule has 0 saturated heterocycles. The van der Waals surface area contributed by atoms with Gasteiger partial charge in [-0.3, -0.25) is 14.4 Å². The van der Waals surface area contributed by atoms with Crippen LogP contribution in [-0.2, 0) is 19.1 Å². The summed E-state index contributed by atoms with van der Waals surface area (Å²) in [7, 11) is 0. The Balaban J connectivity index is 1.89. The van der Waals surface area contributed by atoms with Gasteiger partial charge in [0.1, 0.15) is 11.9 Å². The van der Waals surface area contributed by atoms with Gasteiger partial charge >= 0.3 is 5.97 Å². The molecule has 0 radical (unpaired) electrons. The lowest BCUT2D eigenvalue weighted by Gasteiger charge is -2.64. The molecule has 4 heteroatoms. The van der Waals surface area contributed by atoms with Gasteiger partial charge in [0, 0.05) is 30.6 Å². The van der Waals surface area contributed by atoms with Crippen LogP contribution >= 0.6 is 0 Å². The second-order valence-corrected chi connectivity index (χ2v) is 10.2. The topological polar surface area (TPSA) is 60.4 Å². The highest BCUT2D eigenvalue weighted by Crippen LogP contribution is 2.70. The van der Waals surface area contributed by atoms with Gasteiger partial charge in [-0.25, -0.2) is 0 Å². The van der Waals surface area contributed by atoms with Gasteiger partial charge in [-0.1, -0.05) is 33.8 Å². The van der Waals surface area contributed by atoms with Gasteiger partial charge in [0.25, 0.3) is 0 Å². The maximum atomic E-state index is 13.3. The second-order valence-electron chi connectivity index (χ2n) is 10.2. The van der Waals surface area contributed by atoms with Crippen LogP contribution in [0.5, 0.6) is 0 Å². The first-order valence-corrected chi connectivity index (χ1v) is 9.96. The monoisotopic (exact) mass is 358 g/mol. The Morgan fingerprint density at radius 3 is 2.50 bits per heavy atom. The van der Waals surface area contributed by atoms with Crippen molar-refractivity contribution in [2.75, 3.05) is 0 Å². The maximum absolute atomic E-state index is 13.3. The molecule has 4 fully saturated rings. The molecular weight excluding hydrogens is 328 g/mol. The number of hydrogen-bond donors (Lipinski definition) is 0. The molecule has 6 atom stereocenters. The van der Waals surface area contributed by atoms with Gasteiger partial charge in [-0.15, -0.1) is 0 Å². The molecule has 0 unspecified atom stereocenters. The molecule has 0 N–H and O–H groups in total. The summed E-state index contributed by atoms with van der Waals surface area (Å²) in [4.78, 5) is 38.5. The molecule has 0 heterocycles. The van der Waals surface area contributed by atoms with Crippen LogP contribution in [0, 0.1) is 34.0 Å². The van der Waals surface area contributed by atoms with Gasteiger partial charge in [0.05, 0.1) is 0 Å². The van der Waals surface area contributed by atoms with Crippen molar-refractivity contribution in [3.63, 3.8) is 0 Å². The summed E-state index contributed by atoms with van der Waals surface area (Å²) in [5.74, 6) is -0.157. The predicted octanol–water partition coefficient (Wildman–Crippen LogP) is 3.88. The first-order chi connectivity index (χ1) is 12.0. The summed E-state index contributed by atoms with van der Waals surface area (Å²) < 4.78 is 5.84. The van der Waals surface area contributed by atoms with Crippen molar-refractivity contribution < 1.29 is 19.1 Å². The molecule has 0 aromatic rings. The molecule has 0 aromatic carbocycles. The molecule has 1 spiro atoms. The maximum Gasteiger partial charge on any atom is 0.302 e. The van der Waals surface area contributed by atoms with Crippen molar-refractivity contribution in [2.45, 2.75) is 72.3 Å². The summed E-state index contributed by atoms with van der Waals surface area (Å²) >= 11 is 0. The zero-order chi connectivity index (χ0) is 19.1. The number of rotatable bonds is 1. The Morgan fingerprint density at radius 1 is 1.15 bits per heavy atom. The highest BCUT2D eigenvalue weighted by Gasteiger charge is 2.72. The Morgan fingerprint density at radius 2 is 1.85 bits per heavy atom. The van der Waals surface area contributed by atoms with E-state index in [-0.39, 0.29) is 52.2 Å². The Kier molecular flexibility index (Phi) is 3.65. The van der Waals surface area contributed by atoms with Crippen molar-refractivity contribution in [1.29, 1.82) is 0 Å². The highest BCUT2D eigenvalue weighted by molar-refractivity contribution is 6.08. The Labute approximate surface area is 155 Å². The highest BCUT2D eigenvalue weighted by atomic mass is 16.5. The number of allylic oxidation sites excluding steroid dienone is 1. The van der Waals surface area contributed by atoms with E-state index in [1.54, 1.807) is 0 Å². The van der Waals surface area contributed by atoms with E-state index in [1.807, 2.05) is 0 Å². The zero-order valence-corrected chi connectivity index (χ0v) is 16.4. The zero-order valence-electron chi connectivity index (χ0n) is 16.4. The summed E-state index contributed by atoms with van der Waals surface area (Å²) in [6.07, 6.45) is 4.38. The molecule has 0 aromatic heterocycles. The number of carbonyl (C=O) groups excluding carboxylic acids is 3. The molecule has 0 aliphatic heterocycles. The summed E-state index contributed by atoms with van der Waals surface area (Å²) in [5, 5.41) is 0. The van der Waals surface area contributed by atoms with Gasteiger partial charge in [-0.2, -0.15) is 0 Å². The molecule has 142 valence electrons. The molecule has 4 rings (SSSR count).